The standard InChI is InChI=1S/C17H12ClFN2O2/c18-14-2-1-3-15(19)16(14)17(22)21-8-11-6-13(9-20-7-11)12-4-5-23-10-12/h1-7,9-10H,8H2,(H,21,22). The van der Waals surface area contributed by atoms with Crippen molar-refractivity contribution in [1.29, 1.82) is 0 Å². The van der Waals surface area contributed by atoms with E-state index in [1.807, 2.05) is 12.1 Å². The lowest BCUT2D eigenvalue weighted by atomic mass is 10.1. The molecule has 2 aromatic heterocycles. The number of hydrogen-bond acceptors (Lipinski definition) is 3. The van der Waals surface area contributed by atoms with E-state index in [4.69, 9.17) is 16.0 Å². The van der Waals surface area contributed by atoms with Gasteiger partial charge in [-0.15, -0.1) is 0 Å². The van der Waals surface area contributed by atoms with Gasteiger partial charge in [0.25, 0.3) is 5.91 Å². The van der Waals surface area contributed by atoms with Crippen LogP contribution in [0.2, 0.25) is 5.02 Å². The van der Waals surface area contributed by atoms with Gasteiger partial charge in [0.1, 0.15) is 5.82 Å². The van der Waals surface area contributed by atoms with E-state index in [1.165, 1.54) is 18.2 Å². The van der Waals surface area contributed by atoms with Gasteiger partial charge in [0.2, 0.25) is 0 Å². The maximum absolute atomic E-state index is 13.7. The van der Waals surface area contributed by atoms with E-state index < -0.39 is 11.7 Å². The van der Waals surface area contributed by atoms with E-state index in [1.54, 1.807) is 24.9 Å². The highest BCUT2D eigenvalue weighted by molar-refractivity contribution is 6.33. The summed E-state index contributed by atoms with van der Waals surface area (Å²) in [6, 6.07) is 7.81. The lowest BCUT2D eigenvalue weighted by Gasteiger charge is -2.08. The van der Waals surface area contributed by atoms with Gasteiger partial charge in [-0.2, -0.15) is 0 Å². The second-order valence-electron chi connectivity index (χ2n) is 4.87. The minimum Gasteiger partial charge on any atom is -0.472 e. The summed E-state index contributed by atoms with van der Waals surface area (Å²) in [5.74, 6) is -1.22. The van der Waals surface area contributed by atoms with Crippen LogP contribution in [0.5, 0.6) is 0 Å². The largest absolute Gasteiger partial charge is 0.472 e. The molecule has 0 bridgehead atoms. The number of nitrogens with zero attached hydrogens (tertiary/aromatic N) is 1. The zero-order chi connectivity index (χ0) is 16.2. The summed E-state index contributed by atoms with van der Waals surface area (Å²) >= 11 is 5.88. The molecule has 0 aliphatic carbocycles. The Labute approximate surface area is 136 Å². The smallest absolute Gasteiger partial charge is 0.256 e. The lowest BCUT2D eigenvalue weighted by molar-refractivity contribution is 0.0947. The zero-order valence-corrected chi connectivity index (χ0v) is 12.7. The van der Waals surface area contributed by atoms with E-state index >= 15 is 0 Å². The highest BCUT2D eigenvalue weighted by atomic mass is 35.5. The average molecular weight is 331 g/mol. The molecule has 1 amide bonds. The molecule has 1 aromatic carbocycles. The fourth-order valence-electron chi connectivity index (χ4n) is 2.16. The maximum atomic E-state index is 13.7. The van der Waals surface area contributed by atoms with Crippen molar-refractivity contribution < 1.29 is 13.6 Å². The molecule has 3 rings (SSSR count). The molecule has 6 heteroatoms. The number of halogens is 2. The number of pyridine rings is 1. The number of nitrogens with one attached hydrogen (secondary N) is 1. The van der Waals surface area contributed by atoms with Crippen LogP contribution in [0.25, 0.3) is 11.1 Å². The summed E-state index contributed by atoms with van der Waals surface area (Å²) in [4.78, 5) is 16.2. The van der Waals surface area contributed by atoms with Crippen molar-refractivity contribution in [3.63, 3.8) is 0 Å². The van der Waals surface area contributed by atoms with Crippen molar-refractivity contribution in [3.05, 3.63) is 77.2 Å². The molecule has 0 fully saturated rings. The van der Waals surface area contributed by atoms with Gasteiger partial charge in [0, 0.05) is 30.1 Å². The first-order chi connectivity index (χ1) is 11.1. The monoisotopic (exact) mass is 330 g/mol. The fraction of sp³-hybridized carbons (Fsp3) is 0.0588. The third kappa shape index (κ3) is 3.40. The van der Waals surface area contributed by atoms with Crippen LogP contribution in [-0.4, -0.2) is 10.9 Å². The molecule has 116 valence electrons. The van der Waals surface area contributed by atoms with Crippen LogP contribution in [0.4, 0.5) is 4.39 Å². The minimum absolute atomic E-state index is 0.0766. The third-order valence-electron chi connectivity index (χ3n) is 3.29. The Hall–Kier alpha value is -2.66. The molecule has 23 heavy (non-hydrogen) atoms. The van der Waals surface area contributed by atoms with E-state index in [-0.39, 0.29) is 17.1 Å². The molecule has 0 saturated heterocycles. The van der Waals surface area contributed by atoms with Crippen molar-refractivity contribution in [2.24, 2.45) is 0 Å². The first kappa shape index (κ1) is 15.2. The molecule has 4 nitrogen and oxygen atoms in total. The number of carbonyl (C=O) groups is 1. The predicted octanol–water partition coefficient (Wildman–Crippen LogP) is 4.06. The van der Waals surface area contributed by atoms with Crippen molar-refractivity contribution >= 4 is 17.5 Å². The van der Waals surface area contributed by atoms with Crippen LogP contribution in [-0.2, 0) is 6.54 Å². The Morgan fingerprint density at radius 2 is 2.13 bits per heavy atom. The molecule has 0 spiro atoms. The second-order valence-corrected chi connectivity index (χ2v) is 5.28. The van der Waals surface area contributed by atoms with Gasteiger partial charge in [-0.05, 0) is 29.8 Å². The number of rotatable bonds is 4. The zero-order valence-electron chi connectivity index (χ0n) is 11.9. The van der Waals surface area contributed by atoms with Crippen LogP contribution in [0.3, 0.4) is 0 Å². The molecule has 0 unspecified atom stereocenters. The predicted molar refractivity (Wildman–Crippen MR) is 84.5 cm³/mol. The SMILES string of the molecule is O=C(NCc1cncc(-c2ccoc2)c1)c1c(F)cccc1Cl. The maximum Gasteiger partial charge on any atom is 0.256 e. The van der Waals surface area contributed by atoms with E-state index in [0.717, 1.165) is 16.7 Å². The van der Waals surface area contributed by atoms with Gasteiger partial charge in [-0.1, -0.05) is 17.7 Å². The van der Waals surface area contributed by atoms with Gasteiger partial charge in [-0.3, -0.25) is 9.78 Å². The molecule has 3 aromatic rings. The van der Waals surface area contributed by atoms with Crippen LogP contribution >= 0.6 is 11.6 Å². The molecule has 0 saturated carbocycles. The second kappa shape index (κ2) is 6.62. The normalized spacial score (nSPS) is 10.5. The third-order valence-corrected chi connectivity index (χ3v) is 3.61. The first-order valence-electron chi connectivity index (χ1n) is 6.84. The molecule has 0 radical (unpaired) electrons. The Bertz CT molecular complexity index is 814. The Morgan fingerprint density at radius 3 is 2.87 bits per heavy atom. The summed E-state index contributed by atoms with van der Waals surface area (Å²) in [5.41, 5.74) is 2.38. The van der Waals surface area contributed by atoms with Crippen LogP contribution in [0.15, 0.2) is 59.7 Å². The number of benzene rings is 1. The van der Waals surface area contributed by atoms with Gasteiger partial charge in [0.15, 0.2) is 0 Å². The highest BCUT2D eigenvalue weighted by Gasteiger charge is 2.15. The van der Waals surface area contributed by atoms with Crippen molar-refractivity contribution in [2.75, 3.05) is 0 Å². The van der Waals surface area contributed by atoms with Crippen LogP contribution in [0, 0.1) is 5.82 Å². The quantitative estimate of drug-likeness (QED) is 0.784. The highest BCUT2D eigenvalue weighted by Crippen LogP contribution is 2.21. The molecular weight excluding hydrogens is 319 g/mol. The number of amides is 1. The molecule has 1 N–H and O–H groups in total. The molecule has 0 atom stereocenters. The van der Waals surface area contributed by atoms with Gasteiger partial charge in [-0.25, -0.2) is 4.39 Å². The summed E-state index contributed by atoms with van der Waals surface area (Å²) in [5, 5.41) is 2.72. The van der Waals surface area contributed by atoms with Crippen molar-refractivity contribution in [3.8, 4) is 11.1 Å². The minimum atomic E-state index is -0.653. The summed E-state index contributed by atoms with van der Waals surface area (Å²) in [6.07, 6.45) is 6.51. The van der Waals surface area contributed by atoms with Crippen LogP contribution in [0.1, 0.15) is 15.9 Å². The van der Waals surface area contributed by atoms with Gasteiger partial charge in [0.05, 0.1) is 23.1 Å². The number of hydrogen-bond donors (Lipinski definition) is 1. The average Bonchev–Trinajstić information content (AvgIpc) is 3.07. The topological polar surface area (TPSA) is 55.1 Å². The van der Waals surface area contributed by atoms with Crippen LogP contribution < -0.4 is 5.32 Å². The molecular formula is C17H12ClFN2O2. The first-order valence-corrected chi connectivity index (χ1v) is 7.21. The van der Waals surface area contributed by atoms with E-state index in [9.17, 15) is 9.18 Å². The lowest BCUT2D eigenvalue weighted by Crippen LogP contribution is -2.24. The number of furan rings is 1. The summed E-state index contributed by atoms with van der Waals surface area (Å²) < 4.78 is 18.7. The molecule has 0 aliphatic heterocycles. The van der Waals surface area contributed by atoms with E-state index in [0.29, 0.717) is 0 Å². The Balaban J connectivity index is 1.74. The molecule has 0 aliphatic rings. The Morgan fingerprint density at radius 1 is 1.26 bits per heavy atom. The summed E-state index contributed by atoms with van der Waals surface area (Å²) in [6.45, 7) is 0.211. The van der Waals surface area contributed by atoms with Gasteiger partial charge < -0.3 is 9.73 Å². The van der Waals surface area contributed by atoms with Crippen molar-refractivity contribution in [2.45, 2.75) is 6.54 Å². The van der Waals surface area contributed by atoms with Gasteiger partial charge >= 0.3 is 0 Å². The number of carbonyl (C=O) groups excluding carboxylic acids is 1. The fourth-order valence-corrected chi connectivity index (χ4v) is 2.41. The number of aromatic nitrogens is 1. The van der Waals surface area contributed by atoms with Crippen molar-refractivity contribution in [1.82, 2.24) is 10.3 Å². The Kier molecular flexibility index (Phi) is 4.39. The molecule has 2 heterocycles. The van der Waals surface area contributed by atoms with E-state index in [2.05, 4.69) is 10.3 Å². The summed E-state index contributed by atoms with van der Waals surface area (Å²) in [7, 11) is 0.